The van der Waals surface area contributed by atoms with E-state index in [-0.39, 0.29) is 19.5 Å². The molecule has 15 heavy (non-hydrogen) atoms. The zero-order valence-corrected chi connectivity index (χ0v) is 11.2. The van der Waals surface area contributed by atoms with Crippen molar-refractivity contribution in [1.82, 2.24) is 0 Å². The van der Waals surface area contributed by atoms with Crippen LogP contribution in [0.1, 0.15) is 0 Å². The van der Waals surface area contributed by atoms with Crippen LogP contribution in [0.2, 0.25) is 0 Å². The molecule has 0 unspecified atom stereocenters. The van der Waals surface area contributed by atoms with Crippen LogP contribution in [0.4, 0.5) is 11.4 Å². The quantitative estimate of drug-likeness (QED) is 0.628. The van der Waals surface area contributed by atoms with E-state index in [1.54, 1.807) is 12.4 Å². The molecule has 2 nitrogen and oxygen atoms in total. The fourth-order valence-corrected chi connectivity index (χ4v) is 1.68. The molecule has 0 N–H and O–H groups in total. The predicted octanol–water partition coefficient (Wildman–Crippen LogP) is 2.31. The van der Waals surface area contributed by atoms with Crippen molar-refractivity contribution in [3.8, 4) is 0 Å². The molecule has 3 rings (SSSR count). The number of fused-ring (bicyclic) bond motifs is 3. The summed E-state index contributed by atoms with van der Waals surface area (Å²) in [6.07, 6.45) is 11.6. The Labute approximate surface area is 101 Å². The van der Waals surface area contributed by atoms with Crippen LogP contribution >= 0.6 is 0 Å². The first kappa shape index (κ1) is 10.2. The van der Waals surface area contributed by atoms with E-state index in [9.17, 15) is 0 Å². The van der Waals surface area contributed by atoms with Gasteiger partial charge in [-0.2, -0.15) is 12.4 Å². The summed E-state index contributed by atoms with van der Waals surface area (Å²) < 4.78 is 0. The summed E-state index contributed by atoms with van der Waals surface area (Å²) in [5.41, 5.74) is 1.95. The zero-order chi connectivity index (χ0) is 9.38. The van der Waals surface area contributed by atoms with Crippen molar-refractivity contribution < 1.29 is 19.5 Å². The smallest absolute Gasteiger partial charge is 0.665 e. The van der Waals surface area contributed by atoms with Gasteiger partial charge in [-0.1, -0.05) is 36.4 Å². The van der Waals surface area contributed by atoms with Crippen molar-refractivity contribution in [2.75, 3.05) is 0 Å². The molecule has 0 saturated heterocycles. The average molecular weight is 246 g/mol. The Hall–Kier alpha value is -1.34. The first-order chi connectivity index (χ1) is 6.95. The third kappa shape index (κ3) is 1.64. The first-order valence-corrected chi connectivity index (χ1v) is 4.53. The molecule has 0 radical (unpaired) electrons. The van der Waals surface area contributed by atoms with Gasteiger partial charge in [-0.3, -0.25) is 0 Å². The maximum Gasteiger partial charge on any atom is 2.00 e. The maximum absolute atomic E-state index is 4.35. The van der Waals surface area contributed by atoms with Crippen LogP contribution in [0.15, 0.2) is 36.7 Å². The summed E-state index contributed by atoms with van der Waals surface area (Å²) in [6, 6.07) is 4.15. The van der Waals surface area contributed by atoms with Crippen LogP contribution in [0.25, 0.3) is 22.8 Å². The van der Waals surface area contributed by atoms with Gasteiger partial charge in [0.05, 0.1) is 0 Å². The van der Waals surface area contributed by atoms with Crippen molar-refractivity contribution in [1.29, 1.82) is 0 Å². The molecular formula is C12H8N2Zn. The molecule has 1 aromatic rings. The second-order valence-electron chi connectivity index (χ2n) is 3.22. The van der Waals surface area contributed by atoms with Crippen molar-refractivity contribution in [3.05, 3.63) is 57.8 Å². The second-order valence-corrected chi connectivity index (χ2v) is 3.22. The monoisotopic (exact) mass is 244 g/mol. The molecule has 0 amide bonds. The number of hydrogen-bond donors (Lipinski definition) is 0. The van der Waals surface area contributed by atoms with Crippen molar-refractivity contribution in [2.45, 2.75) is 0 Å². The summed E-state index contributed by atoms with van der Waals surface area (Å²) in [5.74, 6) is 0. The zero-order valence-electron chi connectivity index (χ0n) is 8.22. The topological polar surface area (TPSA) is 28.2 Å². The molecule has 1 aromatic carbocycles. The molecular weight excluding hydrogens is 238 g/mol. The number of allylic oxidation sites excluding steroid dienone is 2. The van der Waals surface area contributed by atoms with Crippen LogP contribution in [-0.4, -0.2) is 0 Å². The van der Waals surface area contributed by atoms with Gasteiger partial charge in [0.2, 0.25) is 0 Å². The molecule has 2 aliphatic heterocycles. The Balaban J connectivity index is 0.000000853. The summed E-state index contributed by atoms with van der Waals surface area (Å²) in [6.45, 7) is 0. The minimum atomic E-state index is 0. The van der Waals surface area contributed by atoms with Crippen LogP contribution in [0, 0.1) is 0 Å². The van der Waals surface area contributed by atoms with Crippen molar-refractivity contribution in [2.24, 2.45) is 0 Å². The van der Waals surface area contributed by atoms with E-state index >= 15 is 0 Å². The van der Waals surface area contributed by atoms with E-state index in [4.69, 9.17) is 0 Å². The van der Waals surface area contributed by atoms with Gasteiger partial charge in [0.15, 0.2) is 0 Å². The van der Waals surface area contributed by atoms with E-state index < -0.39 is 0 Å². The maximum atomic E-state index is 4.35. The minimum absolute atomic E-state index is 0. The third-order valence-corrected chi connectivity index (χ3v) is 2.34. The Morgan fingerprint density at radius 1 is 0.733 bits per heavy atom. The van der Waals surface area contributed by atoms with E-state index in [0.717, 1.165) is 21.8 Å². The fourth-order valence-electron chi connectivity index (χ4n) is 1.68. The van der Waals surface area contributed by atoms with Crippen LogP contribution < -0.4 is 10.4 Å². The third-order valence-electron chi connectivity index (χ3n) is 2.34. The van der Waals surface area contributed by atoms with Gasteiger partial charge >= 0.3 is 19.5 Å². The fraction of sp³-hybridized carbons (Fsp3) is 0. The molecule has 0 spiro atoms. The number of nitrogens with zero attached hydrogens (tertiary/aromatic N) is 2. The van der Waals surface area contributed by atoms with Crippen molar-refractivity contribution >= 4 is 23.5 Å². The van der Waals surface area contributed by atoms with Gasteiger partial charge < -0.3 is 10.6 Å². The SMILES string of the molecule is C1=C[N-]c2c3c(ccc2=C1)=CC=C[N-]3.[Zn+2]. The summed E-state index contributed by atoms with van der Waals surface area (Å²) >= 11 is 0. The Kier molecular flexibility index (Phi) is 2.74. The molecule has 3 heteroatoms. The van der Waals surface area contributed by atoms with E-state index in [0.29, 0.717) is 0 Å². The van der Waals surface area contributed by atoms with Crippen molar-refractivity contribution in [3.63, 3.8) is 0 Å². The van der Waals surface area contributed by atoms with Crippen LogP contribution in [-0.2, 0) is 19.5 Å². The molecule has 0 saturated carbocycles. The van der Waals surface area contributed by atoms with Gasteiger partial charge in [0.1, 0.15) is 0 Å². The van der Waals surface area contributed by atoms with E-state index in [1.807, 2.05) is 12.2 Å². The molecule has 0 fully saturated rings. The van der Waals surface area contributed by atoms with E-state index in [2.05, 4.69) is 34.9 Å². The first-order valence-electron chi connectivity index (χ1n) is 4.53. The Morgan fingerprint density at radius 3 is 1.67 bits per heavy atom. The molecule has 2 aliphatic rings. The van der Waals surface area contributed by atoms with Crippen LogP contribution in [0.5, 0.6) is 0 Å². The Morgan fingerprint density at radius 2 is 1.20 bits per heavy atom. The van der Waals surface area contributed by atoms with Gasteiger partial charge in [-0.05, 0) is 10.4 Å². The van der Waals surface area contributed by atoms with Gasteiger partial charge in [0, 0.05) is 0 Å². The largest absolute Gasteiger partial charge is 2.00 e. The summed E-state index contributed by atoms with van der Waals surface area (Å²) in [4.78, 5) is 0. The number of benzene rings is 1. The minimum Gasteiger partial charge on any atom is -0.665 e. The molecule has 0 atom stereocenters. The predicted molar refractivity (Wildman–Crippen MR) is 58.9 cm³/mol. The molecule has 2 heterocycles. The summed E-state index contributed by atoms with van der Waals surface area (Å²) in [5, 5.41) is 11.0. The molecule has 0 aliphatic carbocycles. The normalized spacial score (nSPS) is 14.4. The summed E-state index contributed by atoms with van der Waals surface area (Å²) in [7, 11) is 0. The van der Waals surface area contributed by atoms with Gasteiger partial charge in [0.25, 0.3) is 0 Å². The standard InChI is InChI=1S/C12H8N2.Zn/c1-3-9-5-6-10-4-2-8-14-12(10)11(9)13-7-1;/h1-8H;/q-2;+2. The number of rotatable bonds is 0. The molecule has 0 bridgehead atoms. The average Bonchev–Trinajstić information content (AvgIpc) is 2.29. The van der Waals surface area contributed by atoms with E-state index in [1.165, 1.54) is 0 Å². The second kappa shape index (κ2) is 4.03. The van der Waals surface area contributed by atoms with Gasteiger partial charge in [-0.25, -0.2) is 0 Å². The van der Waals surface area contributed by atoms with Gasteiger partial charge in [-0.15, -0.1) is 11.4 Å². The number of hydrogen-bond acceptors (Lipinski definition) is 0. The Bertz CT molecular complexity index is 505. The van der Waals surface area contributed by atoms with Crippen LogP contribution in [0.3, 0.4) is 0 Å². The molecule has 68 valence electrons. The molecule has 0 aromatic heterocycles.